The highest BCUT2D eigenvalue weighted by molar-refractivity contribution is 5.00. The average Bonchev–Trinajstić information content (AvgIpc) is 2.39. The molecule has 1 nitrogen and oxygen atoms in total. The lowest BCUT2D eigenvalue weighted by Crippen LogP contribution is -2.07. The van der Waals surface area contributed by atoms with Crippen molar-refractivity contribution in [3.63, 3.8) is 0 Å². The zero-order valence-electron chi connectivity index (χ0n) is 12.7. The Hall–Kier alpha value is -0.300. The Kier molecular flexibility index (Phi) is 12.9. The van der Waals surface area contributed by atoms with Crippen LogP contribution in [0.2, 0.25) is 0 Å². The van der Waals surface area contributed by atoms with E-state index in [0.29, 0.717) is 0 Å². The summed E-state index contributed by atoms with van der Waals surface area (Å²) in [4.78, 5) is 0. The van der Waals surface area contributed by atoms with E-state index >= 15 is 0 Å². The topological polar surface area (TPSA) is 20.2 Å². The number of aliphatic hydroxyl groups excluding tert-OH is 1. The number of hydrogen-bond donors (Lipinski definition) is 1. The summed E-state index contributed by atoms with van der Waals surface area (Å²) >= 11 is 0. The molecular weight excluding hydrogens is 220 g/mol. The van der Waals surface area contributed by atoms with Gasteiger partial charge in [-0.3, -0.25) is 0 Å². The summed E-state index contributed by atoms with van der Waals surface area (Å²) in [7, 11) is 0. The second kappa shape index (κ2) is 13.1. The van der Waals surface area contributed by atoms with Crippen molar-refractivity contribution in [1.82, 2.24) is 0 Å². The molecule has 0 aliphatic carbocycles. The number of hydrogen-bond acceptors (Lipinski definition) is 1. The Morgan fingerprint density at radius 2 is 1.28 bits per heavy atom. The van der Waals surface area contributed by atoms with Crippen molar-refractivity contribution < 1.29 is 5.11 Å². The predicted octanol–water partition coefficient (Wildman–Crippen LogP) is 5.62. The van der Waals surface area contributed by atoms with E-state index in [1.165, 1.54) is 64.2 Å². The molecule has 1 heteroatoms. The van der Waals surface area contributed by atoms with E-state index in [1.54, 1.807) is 0 Å². The summed E-state index contributed by atoms with van der Waals surface area (Å²) < 4.78 is 0. The summed E-state index contributed by atoms with van der Waals surface area (Å²) in [6.07, 6.45) is 15.2. The third-order valence-electron chi connectivity index (χ3n) is 3.71. The third-order valence-corrected chi connectivity index (χ3v) is 3.71. The lowest BCUT2D eigenvalue weighted by molar-refractivity contribution is 0.202. The van der Waals surface area contributed by atoms with Crippen LogP contribution in [0.15, 0.2) is 12.2 Å². The van der Waals surface area contributed by atoms with Gasteiger partial charge in [-0.15, -0.1) is 0 Å². The molecule has 0 aromatic carbocycles. The summed E-state index contributed by atoms with van der Waals surface area (Å²) in [5.41, 5.74) is 1.03. The molecule has 0 rings (SSSR count). The fourth-order valence-electron chi connectivity index (χ4n) is 2.29. The quantitative estimate of drug-likeness (QED) is 0.334. The van der Waals surface area contributed by atoms with Gasteiger partial charge in [0.15, 0.2) is 0 Å². The van der Waals surface area contributed by atoms with Crippen LogP contribution in [0, 0.1) is 0 Å². The van der Waals surface area contributed by atoms with Crippen molar-refractivity contribution >= 4 is 0 Å². The van der Waals surface area contributed by atoms with E-state index in [0.717, 1.165) is 18.4 Å². The first-order valence-corrected chi connectivity index (χ1v) is 8.08. The van der Waals surface area contributed by atoms with Gasteiger partial charge in [0.05, 0.1) is 6.10 Å². The van der Waals surface area contributed by atoms with Gasteiger partial charge in [-0.05, 0) is 24.8 Å². The minimum Gasteiger partial charge on any atom is -0.389 e. The Balaban J connectivity index is 3.14. The number of unbranched alkanes of at least 4 members (excludes halogenated alkanes) is 9. The smallest absolute Gasteiger partial charge is 0.0744 e. The molecule has 108 valence electrons. The maximum Gasteiger partial charge on any atom is 0.0744 e. The lowest BCUT2D eigenvalue weighted by atomic mass is 10.0. The van der Waals surface area contributed by atoms with Gasteiger partial charge in [-0.2, -0.15) is 0 Å². The second-order valence-electron chi connectivity index (χ2n) is 5.51. The predicted molar refractivity (Wildman–Crippen MR) is 81.9 cm³/mol. The molecule has 0 bridgehead atoms. The van der Waals surface area contributed by atoms with Gasteiger partial charge < -0.3 is 5.11 Å². The minimum absolute atomic E-state index is 0.274. The van der Waals surface area contributed by atoms with Crippen molar-refractivity contribution in [2.24, 2.45) is 0 Å². The largest absolute Gasteiger partial charge is 0.389 e. The molecule has 0 amide bonds. The van der Waals surface area contributed by atoms with Gasteiger partial charge in [0.25, 0.3) is 0 Å². The van der Waals surface area contributed by atoms with Crippen LogP contribution >= 0.6 is 0 Å². The Morgan fingerprint density at radius 1 is 0.833 bits per heavy atom. The molecule has 0 saturated carbocycles. The highest BCUT2D eigenvalue weighted by Crippen LogP contribution is 2.15. The molecule has 0 radical (unpaired) electrons. The van der Waals surface area contributed by atoms with Crippen LogP contribution in [0.5, 0.6) is 0 Å². The standard InChI is InChI=1S/C17H34O/c1-4-6-7-8-9-10-11-12-13-14-15-16(3)17(18)5-2/h17-18H,3-15H2,1-2H3. The van der Waals surface area contributed by atoms with Crippen LogP contribution in [-0.4, -0.2) is 11.2 Å². The number of aliphatic hydroxyl groups is 1. The maximum absolute atomic E-state index is 9.57. The van der Waals surface area contributed by atoms with Gasteiger partial charge >= 0.3 is 0 Å². The third kappa shape index (κ3) is 10.8. The van der Waals surface area contributed by atoms with Gasteiger partial charge in [-0.1, -0.05) is 78.2 Å². The molecule has 0 aliphatic heterocycles. The lowest BCUT2D eigenvalue weighted by Gasteiger charge is -2.11. The first-order valence-electron chi connectivity index (χ1n) is 8.08. The molecule has 0 aromatic rings. The molecule has 0 spiro atoms. The van der Waals surface area contributed by atoms with E-state index < -0.39 is 0 Å². The van der Waals surface area contributed by atoms with Crippen LogP contribution < -0.4 is 0 Å². The molecule has 0 fully saturated rings. The number of rotatable bonds is 13. The first kappa shape index (κ1) is 17.7. The molecule has 0 saturated heterocycles. The average molecular weight is 254 g/mol. The Bertz CT molecular complexity index is 186. The molecule has 1 unspecified atom stereocenters. The zero-order valence-corrected chi connectivity index (χ0v) is 12.7. The van der Waals surface area contributed by atoms with Crippen LogP contribution in [0.4, 0.5) is 0 Å². The maximum atomic E-state index is 9.57. The van der Waals surface area contributed by atoms with Crippen LogP contribution in [0.1, 0.15) is 90.9 Å². The zero-order chi connectivity index (χ0) is 13.6. The van der Waals surface area contributed by atoms with Crippen LogP contribution in [-0.2, 0) is 0 Å². The Labute approximate surface area is 115 Å². The summed E-state index contributed by atoms with van der Waals surface area (Å²) in [5, 5.41) is 9.57. The SMILES string of the molecule is C=C(CCCCCCCCCCCC)C(O)CC. The highest BCUT2D eigenvalue weighted by atomic mass is 16.3. The first-order chi connectivity index (χ1) is 8.72. The molecule has 0 aliphatic rings. The normalized spacial score (nSPS) is 12.6. The van der Waals surface area contributed by atoms with Crippen molar-refractivity contribution in [3.05, 3.63) is 12.2 Å². The van der Waals surface area contributed by atoms with Crippen LogP contribution in [0.25, 0.3) is 0 Å². The van der Waals surface area contributed by atoms with Gasteiger partial charge in [0.2, 0.25) is 0 Å². The molecule has 0 aromatic heterocycles. The summed E-state index contributed by atoms with van der Waals surface area (Å²) in [5.74, 6) is 0. The molecular formula is C17H34O. The molecule has 1 N–H and O–H groups in total. The summed E-state index contributed by atoms with van der Waals surface area (Å²) in [6, 6.07) is 0. The van der Waals surface area contributed by atoms with Gasteiger partial charge in [0, 0.05) is 0 Å². The monoisotopic (exact) mass is 254 g/mol. The fraction of sp³-hybridized carbons (Fsp3) is 0.882. The fourth-order valence-corrected chi connectivity index (χ4v) is 2.29. The van der Waals surface area contributed by atoms with Crippen LogP contribution in [0.3, 0.4) is 0 Å². The van der Waals surface area contributed by atoms with Crippen molar-refractivity contribution in [3.8, 4) is 0 Å². The van der Waals surface area contributed by atoms with Gasteiger partial charge in [0.1, 0.15) is 0 Å². The van der Waals surface area contributed by atoms with Gasteiger partial charge in [-0.25, -0.2) is 0 Å². The second-order valence-corrected chi connectivity index (χ2v) is 5.51. The Morgan fingerprint density at radius 3 is 1.72 bits per heavy atom. The van der Waals surface area contributed by atoms with E-state index in [2.05, 4.69) is 13.5 Å². The van der Waals surface area contributed by atoms with Crippen molar-refractivity contribution in [2.45, 2.75) is 97.0 Å². The molecule has 18 heavy (non-hydrogen) atoms. The van der Waals surface area contributed by atoms with E-state index in [9.17, 15) is 5.11 Å². The highest BCUT2D eigenvalue weighted by Gasteiger charge is 2.04. The van der Waals surface area contributed by atoms with E-state index in [1.807, 2.05) is 6.92 Å². The molecule has 0 heterocycles. The minimum atomic E-state index is -0.274. The van der Waals surface area contributed by atoms with Crippen molar-refractivity contribution in [2.75, 3.05) is 0 Å². The van der Waals surface area contributed by atoms with Crippen molar-refractivity contribution in [1.29, 1.82) is 0 Å². The summed E-state index contributed by atoms with van der Waals surface area (Å²) in [6.45, 7) is 8.23. The van der Waals surface area contributed by atoms with E-state index in [4.69, 9.17) is 0 Å². The van der Waals surface area contributed by atoms with E-state index in [-0.39, 0.29) is 6.10 Å². The molecule has 1 atom stereocenters.